The normalized spacial score (nSPS) is 9.85. The Morgan fingerprint density at radius 3 is 2.55 bits per heavy atom. The number of nitriles is 1. The largest absolute Gasteiger partial charge is 0.484 e. The molecule has 0 spiro atoms. The number of carbonyl (C=O) groups is 1. The quantitative estimate of drug-likeness (QED) is 0.798. The van der Waals surface area contributed by atoms with Gasteiger partial charge in [-0.05, 0) is 30.3 Å². The summed E-state index contributed by atoms with van der Waals surface area (Å²) >= 11 is 11.9. The SMILES string of the molecule is N#Cc1ccc(OCC(=O)c2ccccc2Cl)c(Cl)c1. The van der Waals surface area contributed by atoms with Crippen molar-refractivity contribution in [3.63, 3.8) is 0 Å². The highest BCUT2D eigenvalue weighted by atomic mass is 35.5. The van der Waals surface area contributed by atoms with Crippen LogP contribution in [-0.4, -0.2) is 12.4 Å². The average molecular weight is 306 g/mol. The summed E-state index contributed by atoms with van der Waals surface area (Å²) in [5.74, 6) is 0.113. The van der Waals surface area contributed by atoms with Crippen LogP contribution in [0.2, 0.25) is 10.0 Å². The summed E-state index contributed by atoms with van der Waals surface area (Å²) in [6.45, 7) is -0.171. The van der Waals surface area contributed by atoms with Crippen LogP contribution >= 0.6 is 23.2 Å². The van der Waals surface area contributed by atoms with Gasteiger partial charge in [-0.1, -0.05) is 35.3 Å². The fourth-order valence-electron chi connectivity index (χ4n) is 1.60. The third-order valence-electron chi connectivity index (χ3n) is 2.59. The van der Waals surface area contributed by atoms with Crippen LogP contribution in [-0.2, 0) is 0 Å². The summed E-state index contributed by atoms with van der Waals surface area (Å²) in [4.78, 5) is 12.0. The molecule has 0 bridgehead atoms. The number of ketones is 1. The molecule has 0 amide bonds. The van der Waals surface area contributed by atoms with Crippen LogP contribution in [0.4, 0.5) is 0 Å². The summed E-state index contributed by atoms with van der Waals surface area (Å²) in [6.07, 6.45) is 0. The van der Waals surface area contributed by atoms with Crippen molar-refractivity contribution in [2.45, 2.75) is 0 Å². The lowest BCUT2D eigenvalue weighted by atomic mass is 10.1. The van der Waals surface area contributed by atoms with Gasteiger partial charge in [0.2, 0.25) is 5.78 Å². The third kappa shape index (κ3) is 3.30. The maximum atomic E-state index is 12.0. The lowest BCUT2D eigenvalue weighted by Crippen LogP contribution is -2.12. The van der Waals surface area contributed by atoms with Crippen LogP contribution in [0.15, 0.2) is 42.5 Å². The predicted octanol–water partition coefficient (Wildman–Crippen LogP) is 4.13. The Labute approximate surface area is 126 Å². The molecular formula is C15H9Cl2NO2. The number of carbonyl (C=O) groups excluding carboxylic acids is 1. The second-order valence-electron chi connectivity index (χ2n) is 3.95. The Kier molecular flexibility index (Phi) is 4.62. The maximum absolute atomic E-state index is 12.0. The van der Waals surface area contributed by atoms with E-state index in [1.54, 1.807) is 36.4 Å². The second kappa shape index (κ2) is 6.42. The first kappa shape index (κ1) is 14.4. The molecule has 0 saturated heterocycles. The van der Waals surface area contributed by atoms with Crippen molar-refractivity contribution in [1.82, 2.24) is 0 Å². The van der Waals surface area contributed by atoms with E-state index in [9.17, 15) is 4.79 Å². The highest BCUT2D eigenvalue weighted by Gasteiger charge is 2.11. The number of benzene rings is 2. The molecule has 0 aliphatic heterocycles. The summed E-state index contributed by atoms with van der Waals surface area (Å²) in [5, 5.41) is 9.40. The number of halogens is 2. The molecule has 20 heavy (non-hydrogen) atoms. The van der Waals surface area contributed by atoms with E-state index in [1.165, 1.54) is 6.07 Å². The molecule has 0 aliphatic rings. The van der Waals surface area contributed by atoms with E-state index in [0.29, 0.717) is 21.9 Å². The molecule has 0 heterocycles. The van der Waals surface area contributed by atoms with Crippen LogP contribution < -0.4 is 4.74 Å². The minimum Gasteiger partial charge on any atom is -0.484 e. The monoisotopic (exact) mass is 305 g/mol. The maximum Gasteiger partial charge on any atom is 0.201 e. The molecule has 3 nitrogen and oxygen atoms in total. The molecule has 2 aromatic carbocycles. The first-order chi connectivity index (χ1) is 9.61. The van der Waals surface area contributed by atoms with Gasteiger partial charge in [0.25, 0.3) is 0 Å². The number of hydrogen-bond donors (Lipinski definition) is 0. The van der Waals surface area contributed by atoms with Gasteiger partial charge in [-0.25, -0.2) is 0 Å². The van der Waals surface area contributed by atoms with Gasteiger partial charge < -0.3 is 4.74 Å². The van der Waals surface area contributed by atoms with Crippen LogP contribution in [0.3, 0.4) is 0 Å². The Bertz CT molecular complexity index is 693. The van der Waals surface area contributed by atoms with Crippen LogP contribution in [0.1, 0.15) is 15.9 Å². The van der Waals surface area contributed by atoms with Crippen molar-refractivity contribution >= 4 is 29.0 Å². The fraction of sp³-hybridized carbons (Fsp3) is 0.0667. The first-order valence-corrected chi connectivity index (χ1v) is 6.47. The lowest BCUT2D eigenvalue weighted by molar-refractivity contribution is 0.0922. The molecule has 0 fully saturated rings. The molecule has 0 unspecified atom stereocenters. The minimum atomic E-state index is -0.240. The van der Waals surface area contributed by atoms with Gasteiger partial charge >= 0.3 is 0 Å². The standard InChI is InChI=1S/C15H9Cl2NO2/c16-12-4-2-1-3-11(12)14(19)9-20-15-6-5-10(8-18)7-13(15)17/h1-7H,9H2. The smallest absolute Gasteiger partial charge is 0.201 e. The van der Waals surface area contributed by atoms with Crippen LogP contribution in [0, 0.1) is 11.3 Å². The minimum absolute atomic E-state index is 0.171. The van der Waals surface area contributed by atoms with Crippen molar-refractivity contribution in [3.8, 4) is 11.8 Å². The van der Waals surface area contributed by atoms with E-state index in [2.05, 4.69) is 0 Å². The lowest BCUT2D eigenvalue weighted by Gasteiger charge is -2.08. The highest BCUT2D eigenvalue weighted by Crippen LogP contribution is 2.25. The molecule has 0 atom stereocenters. The number of rotatable bonds is 4. The van der Waals surface area contributed by atoms with Crippen molar-refractivity contribution in [2.75, 3.05) is 6.61 Å². The molecule has 2 aromatic rings. The Hall–Kier alpha value is -2.02. The number of hydrogen-bond acceptors (Lipinski definition) is 3. The van der Waals surface area contributed by atoms with Gasteiger partial charge in [0.1, 0.15) is 5.75 Å². The van der Waals surface area contributed by atoms with E-state index >= 15 is 0 Å². The molecule has 0 saturated carbocycles. The zero-order valence-corrected chi connectivity index (χ0v) is 11.8. The molecule has 0 aromatic heterocycles. The zero-order valence-electron chi connectivity index (χ0n) is 10.3. The number of Topliss-reactive ketones (excluding diaryl/α,β-unsaturated/α-hetero) is 1. The summed E-state index contributed by atoms with van der Waals surface area (Å²) in [5.41, 5.74) is 0.832. The van der Waals surface area contributed by atoms with E-state index in [1.807, 2.05) is 6.07 Å². The van der Waals surface area contributed by atoms with Crippen LogP contribution in [0.5, 0.6) is 5.75 Å². The van der Waals surface area contributed by atoms with Gasteiger partial charge in [0.05, 0.1) is 21.7 Å². The summed E-state index contributed by atoms with van der Waals surface area (Å²) in [7, 11) is 0. The molecule has 0 aliphatic carbocycles. The number of ether oxygens (including phenoxy) is 1. The van der Waals surface area contributed by atoms with Gasteiger partial charge in [-0.2, -0.15) is 5.26 Å². The predicted molar refractivity (Wildman–Crippen MR) is 77.4 cm³/mol. The molecule has 0 radical (unpaired) electrons. The third-order valence-corrected chi connectivity index (χ3v) is 3.22. The molecule has 100 valence electrons. The van der Waals surface area contributed by atoms with E-state index < -0.39 is 0 Å². The average Bonchev–Trinajstić information content (AvgIpc) is 2.46. The summed E-state index contributed by atoms with van der Waals surface area (Å²) in [6, 6.07) is 13.3. The van der Waals surface area contributed by atoms with Gasteiger partial charge in [0.15, 0.2) is 6.61 Å². The van der Waals surface area contributed by atoms with Crippen molar-refractivity contribution in [3.05, 3.63) is 63.6 Å². The molecule has 5 heteroatoms. The molecule has 2 rings (SSSR count). The Morgan fingerprint density at radius 2 is 1.90 bits per heavy atom. The first-order valence-electron chi connectivity index (χ1n) is 5.72. The van der Waals surface area contributed by atoms with Crippen molar-refractivity contribution in [1.29, 1.82) is 5.26 Å². The van der Waals surface area contributed by atoms with Gasteiger partial charge in [0, 0.05) is 5.56 Å². The Morgan fingerprint density at radius 1 is 1.15 bits per heavy atom. The Balaban J connectivity index is 2.08. The highest BCUT2D eigenvalue weighted by molar-refractivity contribution is 6.34. The van der Waals surface area contributed by atoms with Crippen molar-refractivity contribution in [2.24, 2.45) is 0 Å². The number of nitrogens with zero attached hydrogens (tertiary/aromatic N) is 1. The van der Waals surface area contributed by atoms with Crippen molar-refractivity contribution < 1.29 is 9.53 Å². The zero-order chi connectivity index (χ0) is 14.5. The summed E-state index contributed by atoms with van der Waals surface area (Å²) < 4.78 is 5.36. The van der Waals surface area contributed by atoms with Crippen LogP contribution in [0.25, 0.3) is 0 Å². The fourth-order valence-corrected chi connectivity index (χ4v) is 2.07. The second-order valence-corrected chi connectivity index (χ2v) is 4.76. The topological polar surface area (TPSA) is 50.1 Å². The molecular weight excluding hydrogens is 297 g/mol. The van der Waals surface area contributed by atoms with Gasteiger partial charge in [-0.3, -0.25) is 4.79 Å². The molecule has 0 N–H and O–H groups in total. The van der Waals surface area contributed by atoms with E-state index in [0.717, 1.165) is 0 Å². The van der Waals surface area contributed by atoms with E-state index in [-0.39, 0.29) is 17.4 Å². The van der Waals surface area contributed by atoms with Gasteiger partial charge in [-0.15, -0.1) is 0 Å². The van der Waals surface area contributed by atoms with E-state index in [4.69, 9.17) is 33.2 Å².